The molecular formula is C20H30N2O4. The normalized spacial score (nSPS) is 13.6. The molecule has 0 aliphatic rings. The Bertz CT molecular complexity index is 594. The van der Waals surface area contributed by atoms with E-state index in [1.54, 1.807) is 20.8 Å². The van der Waals surface area contributed by atoms with Crippen molar-refractivity contribution >= 4 is 18.3 Å². The second-order valence-corrected chi connectivity index (χ2v) is 7.77. The van der Waals surface area contributed by atoms with Crippen LogP contribution in [-0.4, -0.2) is 36.0 Å². The van der Waals surface area contributed by atoms with Crippen LogP contribution in [0.1, 0.15) is 46.6 Å². The van der Waals surface area contributed by atoms with Crippen LogP contribution in [0.25, 0.3) is 0 Å². The molecule has 26 heavy (non-hydrogen) atoms. The molecule has 0 radical (unpaired) electrons. The molecule has 2 atom stereocenters. The molecule has 0 saturated carbocycles. The molecule has 0 unspecified atom stereocenters. The first-order valence-corrected chi connectivity index (χ1v) is 8.90. The summed E-state index contributed by atoms with van der Waals surface area (Å²) in [7, 11) is 0. The lowest BCUT2D eigenvalue weighted by molar-refractivity contribution is -0.126. The van der Waals surface area contributed by atoms with Crippen molar-refractivity contribution in [1.82, 2.24) is 10.6 Å². The van der Waals surface area contributed by atoms with E-state index in [0.29, 0.717) is 19.1 Å². The van der Waals surface area contributed by atoms with Crippen LogP contribution in [0, 0.1) is 5.92 Å². The quantitative estimate of drug-likeness (QED) is 0.697. The van der Waals surface area contributed by atoms with Crippen LogP contribution in [-0.2, 0) is 20.7 Å². The third-order valence-corrected chi connectivity index (χ3v) is 3.50. The Morgan fingerprint density at radius 2 is 1.73 bits per heavy atom. The van der Waals surface area contributed by atoms with Gasteiger partial charge in [0.2, 0.25) is 5.91 Å². The molecule has 2 amide bonds. The Morgan fingerprint density at radius 3 is 2.23 bits per heavy atom. The molecule has 1 aromatic carbocycles. The summed E-state index contributed by atoms with van der Waals surface area (Å²) in [5.41, 5.74) is 0.298. The fraction of sp³-hybridized carbons (Fsp3) is 0.550. The Kier molecular flexibility index (Phi) is 8.29. The average molecular weight is 362 g/mol. The molecule has 0 aliphatic carbocycles. The van der Waals surface area contributed by atoms with Crippen LogP contribution in [0.3, 0.4) is 0 Å². The highest BCUT2D eigenvalue weighted by molar-refractivity contribution is 5.87. The van der Waals surface area contributed by atoms with Gasteiger partial charge in [-0.2, -0.15) is 0 Å². The lowest BCUT2D eigenvalue weighted by Gasteiger charge is -2.25. The van der Waals surface area contributed by atoms with E-state index < -0.39 is 29.7 Å². The third kappa shape index (κ3) is 8.65. The van der Waals surface area contributed by atoms with Crippen molar-refractivity contribution in [2.45, 2.75) is 65.1 Å². The molecule has 0 aromatic heterocycles. The summed E-state index contributed by atoms with van der Waals surface area (Å²) in [6.07, 6.45) is 0.910. The van der Waals surface area contributed by atoms with Crippen LogP contribution in [0.4, 0.5) is 4.79 Å². The fourth-order valence-corrected chi connectivity index (χ4v) is 2.44. The van der Waals surface area contributed by atoms with E-state index in [0.717, 1.165) is 5.56 Å². The number of amides is 2. The van der Waals surface area contributed by atoms with Crippen molar-refractivity contribution in [3.8, 4) is 0 Å². The number of ether oxygens (including phenoxy) is 1. The van der Waals surface area contributed by atoms with Gasteiger partial charge < -0.3 is 20.2 Å². The van der Waals surface area contributed by atoms with Gasteiger partial charge in [0.25, 0.3) is 0 Å². The first-order chi connectivity index (χ1) is 12.1. The van der Waals surface area contributed by atoms with Gasteiger partial charge in [-0.3, -0.25) is 4.79 Å². The predicted octanol–water partition coefficient (Wildman–Crippen LogP) is 2.85. The first-order valence-electron chi connectivity index (χ1n) is 8.90. The van der Waals surface area contributed by atoms with Crippen LogP contribution < -0.4 is 10.6 Å². The summed E-state index contributed by atoms with van der Waals surface area (Å²) in [5, 5.41) is 5.32. The molecular weight excluding hydrogens is 332 g/mol. The van der Waals surface area contributed by atoms with Gasteiger partial charge >= 0.3 is 6.09 Å². The monoisotopic (exact) mass is 362 g/mol. The van der Waals surface area contributed by atoms with Crippen LogP contribution in [0.5, 0.6) is 0 Å². The number of aldehydes is 1. The standard InChI is InChI=1S/C20H30N2O4/c1-14(2)11-17(22-19(25)26-20(3,4)5)18(24)21-16(13-23)12-15-9-7-6-8-10-15/h6-10,13-14,16-17H,11-12H2,1-5H3,(H,21,24)(H,22,25)/t16-,17-/m0/s1. The zero-order chi connectivity index (χ0) is 19.7. The fourth-order valence-electron chi connectivity index (χ4n) is 2.44. The van der Waals surface area contributed by atoms with Gasteiger partial charge in [-0.15, -0.1) is 0 Å². The SMILES string of the molecule is CC(C)C[C@H](NC(=O)OC(C)(C)C)C(=O)N[C@H](C=O)Cc1ccccc1. The maximum absolute atomic E-state index is 12.6. The Balaban J connectivity index is 2.74. The van der Waals surface area contributed by atoms with E-state index in [2.05, 4.69) is 10.6 Å². The van der Waals surface area contributed by atoms with Gasteiger partial charge in [-0.1, -0.05) is 44.2 Å². The van der Waals surface area contributed by atoms with E-state index in [4.69, 9.17) is 4.74 Å². The van der Waals surface area contributed by atoms with Crippen molar-refractivity contribution in [3.63, 3.8) is 0 Å². The Hall–Kier alpha value is -2.37. The summed E-state index contributed by atoms with van der Waals surface area (Å²) in [5.74, 6) is -0.206. The topological polar surface area (TPSA) is 84.5 Å². The number of alkyl carbamates (subject to hydrolysis) is 1. The van der Waals surface area contributed by atoms with Crippen molar-refractivity contribution < 1.29 is 19.1 Å². The molecule has 0 fully saturated rings. The maximum Gasteiger partial charge on any atom is 0.408 e. The number of hydrogen-bond donors (Lipinski definition) is 2. The molecule has 144 valence electrons. The number of carbonyl (C=O) groups excluding carboxylic acids is 3. The van der Waals surface area contributed by atoms with Gasteiger partial charge in [0, 0.05) is 0 Å². The highest BCUT2D eigenvalue weighted by atomic mass is 16.6. The Labute approximate surface area is 155 Å². The molecule has 0 heterocycles. The second-order valence-electron chi connectivity index (χ2n) is 7.77. The molecule has 1 rings (SSSR count). The van der Waals surface area contributed by atoms with Crippen molar-refractivity contribution in [2.75, 3.05) is 0 Å². The highest BCUT2D eigenvalue weighted by Crippen LogP contribution is 2.10. The van der Waals surface area contributed by atoms with E-state index in [1.807, 2.05) is 44.2 Å². The number of rotatable bonds is 8. The Morgan fingerprint density at radius 1 is 1.12 bits per heavy atom. The molecule has 6 heteroatoms. The minimum atomic E-state index is -0.761. The summed E-state index contributed by atoms with van der Waals surface area (Å²) < 4.78 is 5.23. The van der Waals surface area contributed by atoms with Gasteiger partial charge in [0.1, 0.15) is 17.9 Å². The van der Waals surface area contributed by atoms with Crippen molar-refractivity contribution in [1.29, 1.82) is 0 Å². The third-order valence-electron chi connectivity index (χ3n) is 3.50. The van der Waals surface area contributed by atoms with Crippen LogP contribution >= 0.6 is 0 Å². The van der Waals surface area contributed by atoms with E-state index >= 15 is 0 Å². The number of carbonyl (C=O) groups is 3. The summed E-state index contributed by atoms with van der Waals surface area (Å²) in [4.78, 5) is 36.0. The second kappa shape index (κ2) is 9.94. The lowest BCUT2D eigenvalue weighted by atomic mass is 10.0. The van der Waals surface area contributed by atoms with E-state index in [-0.39, 0.29) is 5.92 Å². The smallest absolute Gasteiger partial charge is 0.408 e. The van der Waals surface area contributed by atoms with Gasteiger partial charge in [-0.05, 0) is 45.1 Å². The predicted molar refractivity (Wildman–Crippen MR) is 101 cm³/mol. The summed E-state index contributed by atoms with van der Waals surface area (Å²) >= 11 is 0. The lowest BCUT2D eigenvalue weighted by Crippen LogP contribution is -2.51. The molecule has 0 bridgehead atoms. The van der Waals surface area contributed by atoms with Crippen LogP contribution in [0.2, 0.25) is 0 Å². The zero-order valence-electron chi connectivity index (χ0n) is 16.2. The molecule has 6 nitrogen and oxygen atoms in total. The van der Waals surface area contributed by atoms with Gasteiger partial charge in [0.05, 0.1) is 6.04 Å². The number of benzene rings is 1. The summed E-state index contributed by atoms with van der Waals surface area (Å²) in [6, 6.07) is 8.03. The molecule has 1 aromatic rings. The largest absolute Gasteiger partial charge is 0.444 e. The summed E-state index contributed by atoms with van der Waals surface area (Å²) in [6.45, 7) is 9.18. The number of hydrogen-bond acceptors (Lipinski definition) is 4. The molecule has 2 N–H and O–H groups in total. The van der Waals surface area contributed by atoms with E-state index in [1.165, 1.54) is 0 Å². The van der Waals surface area contributed by atoms with E-state index in [9.17, 15) is 14.4 Å². The zero-order valence-corrected chi connectivity index (χ0v) is 16.2. The minimum Gasteiger partial charge on any atom is -0.444 e. The average Bonchev–Trinajstić information content (AvgIpc) is 2.52. The minimum absolute atomic E-state index is 0.185. The maximum atomic E-state index is 12.6. The highest BCUT2D eigenvalue weighted by Gasteiger charge is 2.26. The number of nitrogens with one attached hydrogen (secondary N) is 2. The molecule has 0 aliphatic heterocycles. The van der Waals surface area contributed by atoms with Crippen molar-refractivity contribution in [3.05, 3.63) is 35.9 Å². The van der Waals surface area contributed by atoms with Crippen molar-refractivity contribution in [2.24, 2.45) is 5.92 Å². The van der Waals surface area contributed by atoms with Crippen LogP contribution in [0.15, 0.2) is 30.3 Å². The molecule has 0 saturated heterocycles. The van der Waals surface area contributed by atoms with Gasteiger partial charge in [0.15, 0.2) is 0 Å². The van der Waals surface area contributed by atoms with Gasteiger partial charge in [-0.25, -0.2) is 4.79 Å². The first kappa shape index (κ1) is 21.7. The molecule has 0 spiro atoms.